The topological polar surface area (TPSA) is 35.6 Å². The summed E-state index contributed by atoms with van der Waals surface area (Å²) in [5, 5.41) is 3.23. The molecule has 1 saturated heterocycles. The Kier molecular flexibility index (Phi) is 4.15. The summed E-state index contributed by atoms with van der Waals surface area (Å²) < 4.78 is 0. The first-order valence-corrected chi connectivity index (χ1v) is 7.95. The van der Waals surface area contributed by atoms with E-state index in [0.29, 0.717) is 6.04 Å². The average Bonchev–Trinajstić information content (AvgIpc) is 2.91. The minimum absolute atomic E-state index is 0.100. The van der Waals surface area contributed by atoms with Crippen molar-refractivity contribution in [3.63, 3.8) is 0 Å². The second-order valence-corrected chi connectivity index (χ2v) is 6.45. The van der Waals surface area contributed by atoms with Gasteiger partial charge in [-0.15, -0.1) is 0 Å². The summed E-state index contributed by atoms with van der Waals surface area (Å²) in [5.74, 6) is 0. The van der Waals surface area contributed by atoms with Crippen LogP contribution in [0.1, 0.15) is 36.4 Å². The number of likely N-dealkylation sites (tertiary alicyclic amines) is 1. The summed E-state index contributed by atoms with van der Waals surface area (Å²) in [4.78, 5) is 16.7. The van der Waals surface area contributed by atoms with Crippen LogP contribution in [0.3, 0.4) is 0 Å². The van der Waals surface area contributed by atoms with Gasteiger partial charge in [0.1, 0.15) is 0 Å². The number of amides is 2. The fourth-order valence-electron chi connectivity index (χ4n) is 3.51. The fourth-order valence-corrected chi connectivity index (χ4v) is 3.51. The van der Waals surface area contributed by atoms with Gasteiger partial charge in [-0.05, 0) is 50.9 Å². The molecule has 114 valence electrons. The Labute approximate surface area is 127 Å². The Morgan fingerprint density at radius 2 is 2.10 bits per heavy atom. The molecule has 1 N–H and O–H groups in total. The van der Waals surface area contributed by atoms with E-state index in [4.69, 9.17) is 0 Å². The van der Waals surface area contributed by atoms with Gasteiger partial charge in [-0.2, -0.15) is 0 Å². The van der Waals surface area contributed by atoms with Crippen LogP contribution in [0.2, 0.25) is 0 Å². The number of carbonyl (C=O) groups excluding carboxylic acids is 1. The average molecular weight is 287 g/mol. The standard InChI is InChI=1S/C17H25N3O/c1-19(2)14-7-5-11-20(12-14)17(21)18-16-10-9-13-6-3-4-8-15(13)16/h3-4,6,8,14,16H,5,7,9-12H2,1-2H3,(H,18,21)/t14-,16-/m0/s1. The molecule has 1 aromatic rings. The van der Waals surface area contributed by atoms with Gasteiger partial charge in [0.15, 0.2) is 0 Å². The zero-order valence-electron chi connectivity index (χ0n) is 13.0. The van der Waals surface area contributed by atoms with Crippen molar-refractivity contribution in [3.8, 4) is 0 Å². The molecule has 0 unspecified atom stereocenters. The van der Waals surface area contributed by atoms with Crippen LogP contribution in [0, 0.1) is 0 Å². The summed E-state index contributed by atoms with van der Waals surface area (Å²) in [7, 11) is 4.19. The normalized spacial score (nSPS) is 25.0. The first-order chi connectivity index (χ1) is 10.1. The Hall–Kier alpha value is -1.55. The number of fused-ring (bicyclic) bond motifs is 1. The van der Waals surface area contributed by atoms with Crippen molar-refractivity contribution < 1.29 is 4.79 Å². The molecule has 1 heterocycles. The van der Waals surface area contributed by atoms with Crippen molar-refractivity contribution in [1.29, 1.82) is 0 Å². The molecule has 2 atom stereocenters. The van der Waals surface area contributed by atoms with Crippen LogP contribution in [0.5, 0.6) is 0 Å². The zero-order chi connectivity index (χ0) is 14.8. The lowest BCUT2D eigenvalue weighted by atomic mass is 10.1. The number of piperidine rings is 1. The van der Waals surface area contributed by atoms with Crippen molar-refractivity contribution in [2.24, 2.45) is 0 Å². The number of benzene rings is 1. The maximum atomic E-state index is 12.5. The van der Waals surface area contributed by atoms with E-state index in [1.807, 2.05) is 4.90 Å². The highest BCUT2D eigenvalue weighted by Gasteiger charge is 2.28. The van der Waals surface area contributed by atoms with E-state index < -0.39 is 0 Å². The molecule has 0 bridgehead atoms. The molecular formula is C17H25N3O. The highest BCUT2D eigenvalue weighted by atomic mass is 16.2. The second-order valence-electron chi connectivity index (χ2n) is 6.45. The van der Waals surface area contributed by atoms with E-state index >= 15 is 0 Å². The number of nitrogens with zero attached hydrogens (tertiary/aromatic N) is 2. The molecule has 0 aromatic heterocycles. The minimum Gasteiger partial charge on any atom is -0.331 e. The number of likely N-dealkylation sites (N-methyl/N-ethyl adjacent to an activating group) is 1. The molecular weight excluding hydrogens is 262 g/mol. The zero-order valence-corrected chi connectivity index (χ0v) is 13.0. The lowest BCUT2D eigenvalue weighted by Gasteiger charge is -2.36. The van der Waals surface area contributed by atoms with E-state index in [1.165, 1.54) is 17.5 Å². The third-order valence-electron chi connectivity index (χ3n) is 4.84. The third kappa shape index (κ3) is 3.05. The van der Waals surface area contributed by atoms with Gasteiger partial charge in [0, 0.05) is 19.1 Å². The molecule has 1 fully saturated rings. The summed E-state index contributed by atoms with van der Waals surface area (Å²) >= 11 is 0. The van der Waals surface area contributed by atoms with E-state index in [1.54, 1.807) is 0 Å². The molecule has 0 saturated carbocycles. The van der Waals surface area contributed by atoms with Crippen LogP contribution in [0.4, 0.5) is 4.79 Å². The van der Waals surface area contributed by atoms with Gasteiger partial charge in [0.05, 0.1) is 6.04 Å². The molecule has 4 heteroatoms. The van der Waals surface area contributed by atoms with Crippen molar-refractivity contribution in [2.75, 3.05) is 27.2 Å². The SMILES string of the molecule is CN(C)[C@H]1CCCN(C(=O)N[C@H]2CCc3ccccc32)C1. The van der Waals surface area contributed by atoms with E-state index in [-0.39, 0.29) is 12.1 Å². The van der Waals surface area contributed by atoms with Crippen molar-refractivity contribution in [1.82, 2.24) is 15.1 Å². The Morgan fingerprint density at radius 3 is 2.90 bits per heavy atom. The van der Waals surface area contributed by atoms with E-state index in [2.05, 4.69) is 48.6 Å². The van der Waals surface area contributed by atoms with Crippen LogP contribution in [0.15, 0.2) is 24.3 Å². The maximum absolute atomic E-state index is 12.5. The molecule has 0 spiro atoms. The monoisotopic (exact) mass is 287 g/mol. The Bertz CT molecular complexity index is 515. The minimum atomic E-state index is 0.100. The lowest BCUT2D eigenvalue weighted by Crippen LogP contribution is -2.51. The molecule has 0 radical (unpaired) electrons. The van der Waals surface area contributed by atoms with Crippen LogP contribution in [-0.2, 0) is 6.42 Å². The molecule has 3 rings (SSSR count). The van der Waals surface area contributed by atoms with Gasteiger partial charge < -0.3 is 15.1 Å². The predicted molar refractivity (Wildman–Crippen MR) is 84.3 cm³/mol. The first-order valence-electron chi connectivity index (χ1n) is 7.95. The van der Waals surface area contributed by atoms with Gasteiger partial charge in [0.25, 0.3) is 0 Å². The highest BCUT2D eigenvalue weighted by Crippen LogP contribution is 2.30. The van der Waals surface area contributed by atoms with Gasteiger partial charge in [-0.25, -0.2) is 4.79 Å². The van der Waals surface area contributed by atoms with Crippen LogP contribution in [-0.4, -0.2) is 49.1 Å². The van der Waals surface area contributed by atoms with Crippen LogP contribution >= 0.6 is 0 Å². The number of urea groups is 1. The fraction of sp³-hybridized carbons (Fsp3) is 0.588. The largest absolute Gasteiger partial charge is 0.331 e. The van der Waals surface area contributed by atoms with Gasteiger partial charge >= 0.3 is 6.03 Å². The Balaban J connectivity index is 1.62. The lowest BCUT2D eigenvalue weighted by molar-refractivity contribution is 0.138. The summed E-state index contributed by atoms with van der Waals surface area (Å²) in [6, 6.07) is 9.23. The first kappa shape index (κ1) is 14.4. The van der Waals surface area contributed by atoms with Gasteiger partial charge in [0.2, 0.25) is 0 Å². The number of rotatable bonds is 2. The molecule has 1 aliphatic heterocycles. The third-order valence-corrected chi connectivity index (χ3v) is 4.84. The molecule has 1 aliphatic carbocycles. The van der Waals surface area contributed by atoms with Gasteiger partial charge in [-0.1, -0.05) is 24.3 Å². The van der Waals surface area contributed by atoms with Crippen molar-refractivity contribution in [3.05, 3.63) is 35.4 Å². The summed E-state index contributed by atoms with van der Waals surface area (Å²) in [5.41, 5.74) is 2.68. The number of nitrogens with one attached hydrogen (secondary N) is 1. The number of hydrogen-bond donors (Lipinski definition) is 1. The number of aryl methyl sites for hydroxylation is 1. The van der Waals surface area contributed by atoms with Crippen LogP contribution < -0.4 is 5.32 Å². The highest BCUT2D eigenvalue weighted by molar-refractivity contribution is 5.75. The predicted octanol–water partition coefficient (Wildman–Crippen LogP) is 2.41. The number of carbonyl (C=O) groups is 1. The second kappa shape index (κ2) is 6.06. The Morgan fingerprint density at radius 1 is 1.29 bits per heavy atom. The molecule has 4 nitrogen and oxygen atoms in total. The molecule has 1 aromatic carbocycles. The molecule has 2 aliphatic rings. The number of hydrogen-bond acceptors (Lipinski definition) is 2. The maximum Gasteiger partial charge on any atom is 0.317 e. The quantitative estimate of drug-likeness (QED) is 0.906. The van der Waals surface area contributed by atoms with E-state index in [0.717, 1.165) is 32.4 Å². The van der Waals surface area contributed by atoms with Crippen molar-refractivity contribution in [2.45, 2.75) is 37.8 Å². The molecule has 21 heavy (non-hydrogen) atoms. The van der Waals surface area contributed by atoms with Crippen molar-refractivity contribution >= 4 is 6.03 Å². The smallest absolute Gasteiger partial charge is 0.317 e. The van der Waals surface area contributed by atoms with Crippen LogP contribution in [0.25, 0.3) is 0 Å². The van der Waals surface area contributed by atoms with E-state index in [9.17, 15) is 4.79 Å². The van der Waals surface area contributed by atoms with Gasteiger partial charge in [-0.3, -0.25) is 0 Å². The molecule has 2 amide bonds. The summed E-state index contributed by atoms with van der Waals surface area (Å²) in [6.07, 6.45) is 4.37. The summed E-state index contributed by atoms with van der Waals surface area (Å²) in [6.45, 7) is 1.72.